The van der Waals surface area contributed by atoms with Crippen LogP contribution in [-0.2, 0) is 31.4 Å². The molecule has 0 bridgehead atoms. The van der Waals surface area contributed by atoms with Crippen LogP contribution in [0.3, 0.4) is 0 Å². The molecule has 0 aliphatic carbocycles. The van der Waals surface area contributed by atoms with Crippen molar-refractivity contribution in [2.75, 3.05) is 32.8 Å². The summed E-state index contributed by atoms with van der Waals surface area (Å²) < 4.78 is 34.2. The molecule has 2 saturated heterocycles. The number of esters is 1. The molecule has 3 heterocycles. The highest BCUT2D eigenvalue weighted by molar-refractivity contribution is 7.89. The molecule has 2 unspecified atom stereocenters. The van der Waals surface area contributed by atoms with Gasteiger partial charge in [-0.15, -0.1) is 0 Å². The Morgan fingerprint density at radius 3 is 2.52 bits per heavy atom. The maximum Gasteiger partial charge on any atom is 0.310 e. The third-order valence-electron chi connectivity index (χ3n) is 5.89. The fourth-order valence-electron chi connectivity index (χ4n) is 4.12. The van der Waals surface area contributed by atoms with Gasteiger partial charge in [-0.1, -0.05) is 0 Å². The summed E-state index contributed by atoms with van der Waals surface area (Å²) in [5.41, 5.74) is 0.576. The summed E-state index contributed by atoms with van der Waals surface area (Å²) in [6.45, 7) is 5.32. The van der Waals surface area contributed by atoms with E-state index in [1.807, 2.05) is 0 Å². The van der Waals surface area contributed by atoms with Crippen molar-refractivity contribution in [2.45, 2.75) is 44.4 Å². The summed E-state index contributed by atoms with van der Waals surface area (Å²) in [5, 5.41) is 4.04. The number of piperidine rings is 2. The lowest BCUT2D eigenvalue weighted by Gasteiger charge is -2.37. The smallest absolute Gasteiger partial charge is 0.310 e. The molecule has 0 saturated carbocycles. The first-order valence-corrected chi connectivity index (χ1v) is 11.6. The molecule has 1 amide bonds. The molecule has 1 aromatic heterocycles. The number of hydrogen-bond acceptors (Lipinski definition) is 6. The average molecular weight is 427 g/mol. The molecule has 2 aliphatic heterocycles. The highest BCUT2D eigenvalue weighted by Crippen LogP contribution is 2.28. The van der Waals surface area contributed by atoms with Crippen LogP contribution in [0.25, 0.3) is 0 Å². The molecule has 0 spiro atoms. The highest BCUT2D eigenvalue weighted by atomic mass is 32.2. The van der Waals surface area contributed by atoms with Gasteiger partial charge >= 0.3 is 5.97 Å². The van der Waals surface area contributed by atoms with Crippen LogP contribution in [0.15, 0.2) is 11.1 Å². The van der Waals surface area contributed by atoms with Crippen molar-refractivity contribution in [1.82, 2.24) is 19.0 Å². The SMILES string of the molecule is CCOC(=O)C1CCCN(C(=O)C2CCCN(S(=O)(=O)c3cnn(C)c3C)C2)C1. The Kier molecular flexibility index (Phi) is 6.62. The number of nitrogens with zero attached hydrogens (tertiary/aromatic N) is 4. The second-order valence-electron chi connectivity index (χ2n) is 7.80. The fraction of sp³-hybridized carbons (Fsp3) is 0.737. The minimum atomic E-state index is -3.70. The van der Waals surface area contributed by atoms with Gasteiger partial charge in [-0.05, 0) is 39.5 Å². The second-order valence-corrected chi connectivity index (χ2v) is 9.70. The monoisotopic (exact) mass is 426 g/mol. The first kappa shape index (κ1) is 21.8. The number of hydrogen-bond donors (Lipinski definition) is 0. The first-order chi connectivity index (χ1) is 13.8. The molecule has 29 heavy (non-hydrogen) atoms. The van der Waals surface area contributed by atoms with Crippen molar-refractivity contribution in [3.8, 4) is 0 Å². The Hall–Kier alpha value is -1.94. The lowest BCUT2D eigenvalue weighted by atomic mass is 9.94. The van der Waals surface area contributed by atoms with E-state index >= 15 is 0 Å². The van der Waals surface area contributed by atoms with Crippen LogP contribution in [0.4, 0.5) is 0 Å². The van der Waals surface area contributed by atoms with Crippen LogP contribution in [0, 0.1) is 18.8 Å². The number of rotatable bonds is 5. The first-order valence-electron chi connectivity index (χ1n) is 10.2. The van der Waals surface area contributed by atoms with E-state index in [0.717, 1.165) is 6.42 Å². The Morgan fingerprint density at radius 1 is 1.17 bits per heavy atom. The van der Waals surface area contributed by atoms with Crippen LogP contribution in [-0.4, -0.2) is 72.1 Å². The predicted molar refractivity (Wildman–Crippen MR) is 105 cm³/mol. The lowest BCUT2D eigenvalue weighted by Crippen LogP contribution is -2.50. The molecule has 3 rings (SSSR count). The van der Waals surface area contributed by atoms with Crippen molar-refractivity contribution in [1.29, 1.82) is 0 Å². The molecule has 1 aromatic rings. The van der Waals surface area contributed by atoms with Crippen LogP contribution in [0.2, 0.25) is 0 Å². The van der Waals surface area contributed by atoms with E-state index in [0.29, 0.717) is 51.2 Å². The van der Waals surface area contributed by atoms with Gasteiger partial charge in [-0.3, -0.25) is 14.3 Å². The van der Waals surface area contributed by atoms with Crippen molar-refractivity contribution in [3.63, 3.8) is 0 Å². The number of aryl methyl sites for hydroxylation is 1. The summed E-state index contributed by atoms with van der Waals surface area (Å²) >= 11 is 0. The van der Waals surface area contributed by atoms with E-state index in [2.05, 4.69) is 5.10 Å². The van der Waals surface area contributed by atoms with Crippen LogP contribution in [0.5, 0.6) is 0 Å². The zero-order valence-electron chi connectivity index (χ0n) is 17.3. The Bertz CT molecular complexity index is 866. The molecule has 2 fully saturated rings. The van der Waals surface area contributed by atoms with Crippen LogP contribution < -0.4 is 0 Å². The van der Waals surface area contributed by atoms with E-state index in [1.165, 1.54) is 15.2 Å². The molecular weight excluding hydrogens is 396 g/mol. The maximum absolute atomic E-state index is 13.1. The number of aromatic nitrogens is 2. The standard InChI is InChI=1S/C19H30N4O5S/c1-4-28-19(25)16-8-5-9-22(12-16)18(24)15-7-6-10-23(13-15)29(26,27)17-11-20-21(3)14(17)2/h11,15-16H,4-10,12-13H2,1-3H3. The number of amides is 1. The normalized spacial score (nSPS) is 23.8. The highest BCUT2D eigenvalue weighted by Gasteiger charge is 2.38. The number of carbonyl (C=O) groups is 2. The molecule has 10 heteroatoms. The Labute approximate surface area is 172 Å². The molecule has 0 aromatic carbocycles. The van der Waals surface area contributed by atoms with Gasteiger partial charge in [0.05, 0.1) is 30.3 Å². The third-order valence-corrected chi connectivity index (χ3v) is 7.86. The molecule has 162 valence electrons. The molecule has 9 nitrogen and oxygen atoms in total. The molecular formula is C19H30N4O5S. The maximum atomic E-state index is 13.1. The molecule has 0 radical (unpaired) electrons. The van der Waals surface area contributed by atoms with E-state index in [1.54, 1.807) is 25.8 Å². The van der Waals surface area contributed by atoms with Gasteiger partial charge in [0.25, 0.3) is 0 Å². The minimum Gasteiger partial charge on any atom is -0.466 e. The van der Waals surface area contributed by atoms with Gasteiger partial charge in [0.2, 0.25) is 15.9 Å². The van der Waals surface area contributed by atoms with E-state index in [-0.39, 0.29) is 29.2 Å². The average Bonchev–Trinajstić information content (AvgIpc) is 3.07. The largest absolute Gasteiger partial charge is 0.466 e. The number of carbonyl (C=O) groups excluding carboxylic acids is 2. The third kappa shape index (κ3) is 4.48. The van der Waals surface area contributed by atoms with Gasteiger partial charge in [-0.2, -0.15) is 9.40 Å². The summed E-state index contributed by atoms with van der Waals surface area (Å²) in [4.78, 5) is 27.1. The van der Waals surface area contributed by atoms with E-state index < -0.39 is 15.9 Å². The number of ether oxygens (including phenoxy) is 1. The van der Waals surface area contributed by atoms with Crippen LogP contribution in [0.1, 0.15) is 38.3 Å². The van der Waals surface area contributed by atoms with Gasteiger partial charge in [0.1, 0.15) is 4.90 Å². The second kappa shape index (κ2) is 8.83. The number of sulfonamides is 1. The van der Waals surface area contributed by atoms with Crippen LogP contribution >= 0.6 is 0 Å². The fourth-order valence-corrected chi connectivity index (χ4v) is 5.83. The predicted octanol–water partition coefficient (Wildman–Crippen LogP) is 0.931. The Balaban J connectivity index is 1.69. The molecule has 2 atom stereocenters. The molecule has 2 aliphatic rings. The summed E-state index contributed by atoms with van der Waals surface area (Å²) in [6, 6.07) is 0. The lowest BCUT2D eigenvalue weighted by molar-refractivity contribution is -0.152. The zero-order valence-corrected chi connectivity index (χ0v) is 18.2. The number of likely N-dealkylation sites (tertiary alicyclic amines) is 1. The quantitative estimate of drug-likeness (QED) is 0.649. The Morgan fingerprint density at radius 2 is 1.86 bits per heavy atom. The summed E-state index contributed by atoms with van der Waals surface area (Å²) in [6.07, 6.45) is 4.11. The molecule has 0 N–H and O–H groups in total. The zero-order chi connectivity index (χ0) is 21.2. The van der Waals surface area contributed by atoms with Gasteiger partial charge < -0.3 is 9.64 Å². The summed E-state index contributed by atoms with van der Waals surface area (Å²) in [5.74, 6) is -1.02. The van der Waals surface area contributed by atoms with E-state index in [4.69, 9.17) is 4.74 Å². The minimum absolute atomic E-state index is 0.0678. The van der Waals surface area contributed by atoms with Crippen molar-refractivity contribution < 1.29 is 22.7 Å². The van der Waals surface area contributed by atoms with Gasteiger partial charge in [-0.25, -0.2) is 8.42 Å². The van der Waals surface area contributed by atoms with Crippen molar-refractivity contribution in [2.24, 2.45) is 18.9 Å². The van der Waals surface area contributed by atoms with Crippen molar-refractivity contribution in [3.05, 3.63) is 11.9 Å². The van der Waals surface area contributed by atoms with Gasteiger partial charge in [0.15, 0.2) is 0 Å². The van der Waals surface area contributed by atoms with Crippen molar-refractivity contribution >= 4 is 21.9 Å². The van der Waals surface area contributed by atoms with Gasteiger partial charge in [0, 0.05) is 33.2 Å². The summed E-state index contributed by atoms with van der Waals surface area (Å²) in [7, 11) is -1.99. The topological polar surface area (TPSA) is 102 Å². The van der Waals surface area contributed by atoms with E-state index in [9.17, 15) is 18.0 Å².